The number of hydrogen-bond donors (Lipinski definition) is 1. The van der Waals surface area contributed by atoms with E-state index < -0.39 is 0 Å². The molecule has 7 heteroatoms. The largest absolute Gasteiger partial charge is 0.370 e. The van der Waals surface area contributed by atoms with Crippen LogP contribution in [0.2, 0.25) is 0 Å². The van der Waals surface area contributed by atoms with Gasteiger partial charge in [-0.2, -0.15) is 5.10 Å². The molecule has 3 heterocycles. The quantitative estimate of drug-likeness (QED) is 0.670. The first-order valence-electron chi connectivity index (χ1n) is 8.21. The van der Waals surface area contributed by atoms with Gasteiger partial charge in [0, 0.05) is 51.3 Å². The van der Waals surface area contributed by atoms with Gasteiger partial charge in [-0.05, 0) is 18.1 Å². The van der Waals surface area contributed by atoms with Crippen LogP contribution in [0.3, 0.4) is 0 Å². The normalized spacial score (nSPS) is 18.7. The SMILES string of the molecule is CN=C(NCCc1cccnc1)N1CCOC(c2cnn(C)c2)C1. The molecule has 7 nitrogen and oxygen atoms in total. The number of morpholine rings is 1. The maximum atomic E-state index is 5.89. The number of nitrogens with zero attached hydrogens (tertiary/aromatic N) is 5. The second-order valence-electron chi connectivity index (χ2n) is 5.84. The fourth-order valence-electron chi connectivity index (χ4n) is 2.85. The van der Waals surface area contributed by atoms with Gasteiger partial charge >= 0.3 is 0 Å². The molecule has 1 fully saturated rings. The first-order chi connectivity index (χ1) is 11.8. The van der Waals surface area contributed by atoms with Gasteiger partial charge in [0.1, 0.15) is 6.10 Å². The Balaban J connectivity index is 1.55. The number of aliphatic imine (C=N–C) groups is 1. The smallest absolute Gasteiger partial charge is 0.193 e. The summed E-state index contributed by atoms with van der Waals surface area (Å²) in [7, 11) is 3.74. The fraction of sp³-hybridized carbons (Fsp3) is 0.471. The van der Waals surface area contributed by atoms with Crippen LogP contribution in [-0.4, -0.2) is 58.9 Å². The molecule has 0 amide bonds. The Morgan fingerprint density at radius 3 is 3.08 bits per heavy atom. The molecule has 0 bridgehead atoms. The zero-order valence-electron chi connectivity index (χ0n) is 14.2. The van der Waals surface area contributed by atoms with Crippen molar-refractivity contribution in [2.24, 2.45) is 12.0 Å². The van der Waals surface area contributed by atoms with Gasteiger partial charge in [0.05, 0.1) is 19.3 Å². The van der Waals surface area contributed by atoms with Gasteiger partial charge in [-0.3, -0.25) is 14.7 Å². The summed E-state index contributed by atoms with van der Waals surface area (Å²) >= 11 is 0. The number of ether oxygens (including phenoxy) is 1. The highest BCUT2D eigenvalue weighted by atomic mass is 16.5. The van der Waals surface area contributed by atoms with Crippen LogP contribution in [0, 0.1) is 0 Å². The van der Waals surface area contributed by atoms with Crippen molar-refractivity contribution in [2.75, 3.05) is 33.3 Å². The Kier molecular flexibility index (Phi) is 5.43. The molecule has 128 valence electrons. The molecular weight excluding hydrogens is 304 g/mol. The van der Waals surface area contributed by atoms with Gasteiger partial charge in [0.25, 0.3) is 0 Å². The lowest BCUT2D eigenvalue weighted by Gasteiger charge is -2.34. The average Bonchev–Trinajstić information content (AvgIpc) is 3.06. The molecule has 0 aliphatic carbocycles. The summed E-state index contributed by atoms with van der Waals surface area (Å²) < 4.78 is 7.69. The monoisotopic (exact) mass is 328 g/mol. The lowest BCUT2D eigenvalue weighted by Crippen LogP contribution is -2.48. The Bertz CT molecular complexity index is 669. The fourth-order valence-corrected chi connectivity index (χ4v) is 2.85. The van der Waals surface area contributed by atoms with E-state index in [-0.39, 0.29) is 6.10 Å². The van der Waals surface area contributed by atoms with E-state index in [1.165, 1.54) is 5.56 Å². The molecule has 0 aromatic carbocycles. The Morgan fingerprint density at radius 2 is 2.38 bits per heavy atom. The molecule has 1 saturated heterocycles. The number of pyridine rings is 1. The molecule has 0 spiro atoms. The van der Waals surface area contributed by atoms with E-state index in [1.54, 1.807) is 10.9 Å². The highest BCUT2D eigenvalue weighted by Crippen LogP contribution is 2.21. The van der Waals surface area contributed by atoms with E-state index in [9.17, 15) is 0 Å². The lowest BCUT2D eigenvalue weighted by molar-refractivity contribution is -0.00800. The highest BCUT2D eigenvalue weighted by molar-refractivity contribution is 5.80. The van der Waals surface area contributed by atoms with Crippen molar-refractivity contribution >= 4 is 5.96 Å². The topological polar surface area (TPSA) is 67.6 Å². The predicted molar refractivity (Wildman–Crippen MR) is 92.8 cm³/mol. The van der Waals surface area contributed by atoms with Gasteiger partial charge < -0.3 is 15.0 Å². The minimum atomic E-state index is 0.0318. The standard InChI is InChI=1S/C17H24N6O/c1-18-17(20-7-5-14-4-3-6-19-10-14)23-8-9-24-16(13-23)15-11-21-22(2)12-15/h3-4,6,10-12,16H,5,7-9,13H2,1-2H3,(H,18,20). The van der Waals surface area contributed by atoms with Crippen LogP contribution < -0.4 is 5.32 Å². The molecule has 1 aliphatic heterocycles. The van der Waals surface area contributed by atoms with Crippen LogP contribution >= 0.6 is 0 Å². The van der Waals surface area contributed by atoms with Crippen molar-refractivity contribution in [1.29, 1.82) is 0 Å². The van der Waals surface area contributed by atoms with E-state index in [4.69, 9.17) is 4.74 Å². The van der Waals surface area contributed by atoms with Gasteiger partial charge in [0.15, 0.2) is 5.96 Å². The van der Waals surface area contributed by atoms with Gasteiger partial charge in [-0.15, -0.1) is 0 Å². The molecule has 2 aromatic heterocycles. The summed E-state index contributed by atoms with van der Waals surface area (Å²) in [4.78, 5) is 10.8. The number of rotatable bonds is 4. The Morgan fingerprint density at radius 1 is 1.46 bits per heavy atom. The van der Waals surface area contributed by atoms with E-state index >= 15 is 0 Å². The molecule has 1 aliphatic rings. The van der Waals surface area contributed by atoms with Crippen molar-refractivity contribution in [3.05, 3.63) is 48.0 Å². The van der Waals surface area contributed by atoms with Crippen molar-refractivity contribution in [3.8, 4) is 0 Å². The van der Waals surface area contributed by atoms with Crippen LogP contribution in [0.4, 0.5) is 0 Å². The van der Waals surface area contributed by atoms with Gasteiger partial charge in [-0.1, -0.05) is 6.07 Å². The lowest BCUT2D eigenvalue weighted by atomic mass is 10.1. The summed E-state index contributed by atoms with van der Waals surface area (Å²) in [6.07, 6.45) is 8.52. The van der Waals surface area contributed by atoms with E-state index in [0.29, 0.717) is 6.61 Å². The number of hydrogen-bond acceptors (Lipinski definition) is 4. The molecule has 24 heavy (non-hydrogen) atoms. The number of guanidine groups is 1. The Hall–Kier alpha value is -2.41. The van der Waals surface area contributed by atoms with Crippen LogP contribution in [0.25, 0.3) is 0 Å². The maximum absolute atomic E-state index is 5.89. The van der Waals surface area contributed by atoms with Crippen LogP contribution in [-0.2, 0) is 18.2 Å². The zero-order valence-corrected chi connectivity index (χ0v) is 14.2. The van der Waals surface area contributed by atoms with E-state index in [2.05, 4.69) is 31.4 Å². The summed E-state index contributed by atoms with van der Waals surface area (Å²) in [5.41, 5.74) is 2.32. The molecule has 0 saturated carbocycles. The van der Waals surface area contributed by atoms with Crippen molar-refractivity contribution in [3.63, 3.8) is 0 Å². The molecule has 1 unspecified atom stereocenters. The molecular formula is C17H24N6O. The number of aryl methyl sites for hydroxylation is 1. The third kappa shape index (κ3) is 4.11. The molecule has 1 atom stereocenters. The molecule has 2 aromatic rings. The first kappa shape index (κ1) is 16.4. The molecule has 3 rings (SSSR count). The van der Waals surface area contributed by atoms with E-state index in [0.717, 1.165) is 37.6 Å². The van der Waals surface area contributed by atoms with Crippen molar-refractivity contribution < 1.29 is 4.74 Å². The molecule has 1 N–H and O–H groups in total. The Labute approximate surface area is 142 Å². The maximum Gasteiger partial charge on any atom is 0.193 e. The van der Waals surface area contributed by atoms with Crippen LogP contribution in [0.5, 0.6) is 0 Å². The average molecular weight is 328 g/mol. The summed E-state index contributed by atoms with van der Waals surface area (Å²) in [5.74, 6) is 0.913. The summed E-state index contributed by atoms with van der Waals surface area (Å²) in [5, 5.41) is 7.67. The van der Waals surface area contributed by atoms with E-state index in [1.807, 2.05) is 38.8 Å². The minimum absolute atomic E-state index is 0.0318. The summed E-state index contributed by atoms with van der Waals surface area (Å²) in [6, 6.07) is 4.05. The highest BCUT2D eigenvalue weighted by Gasteiger charge is 2.24. The van der Waals surface area contributed by atoms with Crippen LogP contribution in [0.15, 0.2) is 41.9 Å². The molecule has 0 radical (unpaired) electrons. The van der Waals surface area contributed by atoms with Crippen molar-refractivity contribution in [1.82, 2.24) is 25.0 Å². The third-order valence-electron chi connectivity index (χ3n) is 4.09. The predicted octanol–water partition coefficient (Wildman–Crippen LogP) is 1.01. The van der Waals surface area contributed by atoms with Crippen LogP contribution in [0.1, 0.15) is 17.2 Å². The second-order valence-corrected chi connectivity index (χ2v) is 5.84. The minimum Gasteiger partial charge on any atom is -0.370 e. The third-order valence-corrected chi connectivity index (χ3v) is 4.09. The van der Waals surface area contributed by atoms with Crippen molar-refractivity contribution in [2.45, 2.75) is 12.5 Å². The first-order valence-corrected chi connectivity index (χ1v) is 8.21. The zero-order chi connectivity index (χ0) is 16.8. The summed E-state index contributed by atoms with van der Waals surface area (Å²) in [6.45, 7) is 3.12. The van der Waals surface area contributed by atoms with Gasteiger partial charge in [-0.25, -0.2) is 0 Å². The number of nitrogens with one attached hydrogen (secondary N) is 1. The number of aromatic nitrogens is 3. The van der Waals surface area contributed by atoms with Gasteiger partial charge in [0.2, 0.25) is 0 Å². The second kappa shape index (κ2) is 7.92.